The van der Waals surface area contributed by atoms with Crippen LogP contribution in [0.3, 0.4) is 0 Å². The number of methoxy groups -OCH3 is 2. The molecule has 0 saturated heterocycles. The van der Waals surface area contributed by atoms with Crippen LogP contribution in [0.1, 0.15) is 13.8 Å². The van der Waals surface area contributed by atoms with Gasteiger partial charge in [-0.15, -0.1) is 0 Å². The van der Waals surface area contributed by atoms with Crippen LogP contribution in [-0.4, -0.2) is 53.7 Å². The Morgan fingerprint density at radius 3 is 2.19 bits per heavy atom. The van der Waals surface area contributed by atoms with Gasteiger partial charge in [0.15, 0.2) is 11.5 Å². The molecule has 0 atom stereocenters. The SMILES string of the molecule is COc1ccc(S(=O)(=O)NCC(C)(C)N(C)C)cc1OC. The number of hydrogen-bond donors (Lipinski definition) is 1. The summed E-state index contributed by atoms with van der Waals surface area (Å²) < 4.78 is 37.5. The van der Waals surface area contributed by atoms with E-state index in [1.165, 1.54) is 26.4 Å². The van der Waals surface area contributed by atoms with Crippen molar-refractivity contribution in [1.29, 1.82) is 0 Å². The summed E-state index contributed by atoms with van der Waals surface area (Å²) in [5.74, 6) is 0.873. The normalized spacial score (nSPS) is 12.5. The van der Waals surface area contributed by atoms with Crippen molar-refractivity contribution in [3.05, 3.63) is 18.2 Å². The van der Waals surface area contributed by atoms with Gasteiger partial charge in [-0.25, -0.2) is 13.1 Å². The Labute approximate surface area is 127 Å². The molecule has 1 aromatic carbocycles. The zero-order valence-electron chi connectivity index (χ0n) is 13.4. The number of likely N-dealkylation sites (N-methyl/N-ethyl adjacent to an activating group) is 1. The Morgan fingerprint density at radius 1 is 1.14 bits per heavy atom. The van der Waals surface area contributed by atoms with Crippen molar-refractivity contribution in [1.82, 2.24) is 9.62 Å². The maximum absolute atomic E-state index is 12.3. The summed E-state index contributed by atoms with van der Waals surface area (Å²) >= 11 is 0. The van der Waals surface area contributed by atoms with Crippen molar-refractivity contribution in [3.8, 4) is 11.5 Å². The fourth-order valence-corrected chi connectivity index (χ4v) is 2.72. The molecule has 1 N–H and O–H groups in total. The molecule has 7 heteroatoms. The van der Waals surface area contributed by atoms with Gasteiger partial charge < -0.3 is 14.4 Å². The minimum atomic E-state index is -3.60. The number of ether oxygens (including phenoxy) is 2. The lowest BCUT2D eigenvalue weighted by atomic mass is 10.1. The van der Waals surface area contributed by atoms with Crippen LogP contribution in [-0.2, 0) is 10.0 Å². The summed E-state index contributed by atoms with van der Waals surface area (Å²) in [5.41, 5.74) is -0.288. The zero-order chi connectivity index (χ0) is 16.3. The van der Waals surface area contributed by atoms with Crippen LogP contribution >= 0.6 is 0 Å². The predicted octanol–water partition coefficient (Wildman–Crippen LogP) is 1.32. The summed E-state index contributed by atoms with van der Waals surface area (Å²) in [4.78, 5) is 2.11. The number of sulfonamides is 1. The van der Waals surface area contributed by atoms with Gasteiger partial charge in [0.25, 0.3) is 0 Å². The molecule has 0 unspecified atom stereocenters. The Morgan fingerprint density at radius 2 is 1.71 bits per heavy atom. The largest absolute Gasteiger partial charge is 0.493 e. The first-order valence-electron chi connectivity index (χ1n) is 6.53. The minimum Gasteiger partial charge on any atom is -0.493 e. The highest BCUT2D eigenvalue weighted by Gasteiger charge is 2.24. The van der Waals surface area contributed by atoms with E-state index < -0.39 is 10.0 Å². The number of benzene rings is 1. The Kier molecular flexibility index (Phi) is 5.61. The molecule has 120 valence electrons. The van der Waals surface area contributed by atoms with Crippen LogP contribution in [0.2, 0.25) is 0 Å². The Bertz CT molecular complexity index is 583. The molecule has 6 nitrogen and oxygen atoms in total. The van der Waals surface area contributed by atoms with Crippen LogP contribution in [0.25, 0.3) is 0 Å². The van der Waals surface area contributed by atoms with E-state index in [4.69, 9.17) is 9.47 Å². The van der Waals surface area contributed by atoms with Gasteiger partial charge in [0.1, 0.15) is 0 Å². The van der Waals surface area contributed by atoms with Gasteiger partial charge in [-0.3, -0.25) is 0 Å². The third kappa shape index (κ3) is 4.33. The molecule has 0 spiro atoms. The van der Waals surface area contributed by atoms with Gasteiger partial charge >= 0.3 is 0 Å². The summed E-state index contributed by atoms with van der Waals surface area (Å²) in [6.07, 6.45) is 0. The molecule has 21 heavy (non-hydrogen) atoms. The van der Waals surface area contributed by atoms with Crippen molar-refractivity contribution in [2.75, 3.05) is 34.9 Å². The molecule has 0 heterocycles. The lowest BCUT2D eigenvalue weighted by molar-refractivity contribution is 0.199. The van der Waals surface area contributed by atoms with E-state index >= 15 is 0 Å². The molecule has 0 aliphatic rings. The first kappa shape index (κ1) is 17.7. The first-order valence-corrected chi connectivity index (χ1v) is 8.01. The van der Waals surface area contributed by atoms with Gasteiger partial charge in [0.05, 0.1) is 19.1 Å². The average molecular weight is 316 g/mol. The van der Waals surface area contributed by atoms with E-state index in [1.807, 2.05) is 32.8 Å². The first-order chi connectivity index (χ1) is 9.64. The van der Waals surface area contributed by atoms with Gasteiger partial charge in [-0.2, -0.15) is 0 Å². The monoisotopic (exact) mass is 316 g/mol. The lowest BCUT2D eigenvalue weighted by Gasteiger charge is -2.32. The molecule has 0 saturated carbocycles. The molecule has 0 aliphatic heterocycles. The highest BCUT2D eigenvalue weighted by atomic mass is 32.2. The minimum absolute atomic E-state index is 0.148. The van der Waals surface area contributed by atoms with Crippen molar-refractivity contribution in [2.45, 2.75) is 24.3 Å². The van der Waals surface area contributed by atoms with E-state index in [2.05, 4.69) is 4.72 Å². The number of nitrogens with one attached hydrogen (secondary N) is 1. The van der Waals surface area contributed by atoms with Crippen molar-refractivity contribution in [2.24, 2.45) is 0 Å². The van der Waals surface area contributed by atoms with Gasteiger partial charge in [-0.1, -0.05) is 0 Å². The molecule has 0 aliphatic carbocycles. The molecule has 0 radical (unpaired) electrons. The van der Waals surface area contributed by atoms with Gasteiger partial charge in [0, 0.05) is 18.2 Å². The maximum Gasteiger partial charge on any atom is 0.240 e. The molecule has 0 fully saturated rings. The number of nitrogens with zero attached hydrogens (tertiary/aromatic N) is 1. The molecule has 0 amide bonds. The molecule has 0 aromatic heterocycles. The quantitative estimate of drug-likeness (QED) is 0.822. The third-order valence-electron chi connectivity index (χ3n) is 3.57. The smallest absolute Gasteiger partial charge is 0.240 e. The summed E-state index contributed by atoms with van der Waals surface area (Å²) in [6, 6.07) is 4.51. The molecular weight excluding hydrogens is 292 g/mol. The molecule has 1 rings (SSSR count). The highest BCUT2D eigenvalue weighted by molar-refractivity contribution is 7.89. The second kappa shape index (κ2) is 6.64. The summed E-state index contributed by atoms with van der Waals surface area (Å²) in [5, 5.41) is 0. The number of hydrogen-bond acceptors (Lipinski definition) is 5. The van der Waals surface area contributed by atoms with E-state index in [0.29, 0.717) is 18.0 Å². The Hall–Kier alpha value is -1.31. The van der Waals surface area contributed by atoms with Crippen LogP contribution < -0.4 is 14.2 Å². The maximum atomic E-state index is 12.3. The van der Waals surface area contributed by atoms with Crippen LogP contribution in [0.4, 0.5) is 0 Å². The fourth-order valence-electron chi connectivity index (χ4n) is 1.50. The van der Waals surface area contributed by atoms with Crippen molar-refractivity contribution < 1.29 is 17.9 Å². The lowest BCUT2D eigenvalue weighted by Crippen LogP contribution is -2.48. The molecule has 0 bridgehead atoms. The van der Waals surface area contributed by atoms with E-state index in [-0.39, 0.29) is 10.4 Å². The predicted molar refractivity (Wildman–Crippen MR) is 82.5 cm³/mol. The van der Waals surface area contributed by atoms with E-state index in [0.717, 1.165) is 0 Å². The number of rotatable bonds is 7. The van der Waals surface area contributed by atoms with Crippen LogP contribution in [0.15, 0.2) is 23.1 Å². The fraction of sp³-hybridized carbons (Fsp3) is 0.571. The van der Waals surface area contributed by atoms with Crippen molar-refractivity contribution in [3.63, 3.8) is 0 Å². The van der Waals surface area contributed by atoms with E-state index in [9.17, 15) is 8.42 Å². The van der Waals surface area contributed by atoms with Crippen LogP contribution in [0, 0.1) is 0 Å². The molecule has 1 aromatic rings. The van der Waals surface area contributed by atoms with Crippen molar-refractivity contribution >= 4 is 10.0 Å². The van der Waals surface area contributed by atoms with Gasteiger partial charge in [0.2, 0.25) is 10.0 Å². The third-order valence-corrected chi connectivity index (χ3v) is 4.97. The summed E-state index contributed by atoms with van der Waals surface area (Å²) in [7, 11) is 3.19. The Balaban J connectivity index is 2.98. The summed E-state index contributed by atoms with van der Waals surface area (Å²) in [6.45, 7) is 4.23. The zero-order valence-corrected chi connectivity index (χ0v) is 14.2. The molecular formula is C14H24N2O4S. The van der Waals surface area contributed by atoms with Gasteiger partial charge in [-0.05, 0) is 40.1 Å². The van der Waals surface area contributed by atoms with E-state index in [1.54, 1.807) is 6.07 Å². The van der Waals surface area contributed by atoms with Crippen LogP contribution in [0.5, 0.6) is 11.5 Å². The standard InChI is InChI=1S/C14H24N2O4S/c1-14(2,16(3)4)10-15-21(17,18)11-7-8-12(19-5)13(9-11)20-6/h7-9,15H,10H2,1-6H3. The topological polar surface area (TPSA) is 67.9 Å². The highest BCUT2D eigenvalue weighted by Crippen LogP contribution is 2.29. The second-order valence-corrected chi connectivity index (χ2v) is 7.32. The average Bonchev–Trinajstić information content (AvgIpc) is 2.44. The second-order valence-electron chi connectivity index (χ2n) is 5.55.